The van der Waals surface area contributed by atoms with Crippen LogP contribution in [0.3, 0.4) is 0 Å². The maximum absolute atomic E-state index is 12.7. The largest absolute Gasteiger partial charge is 0.497 e. The van der Waals surface area contributed by atoms with Crippen LogP contribution >= 0.6 is 11.3 Å². The van der Waals surface area contributed by atoms with Gasteiger partial charge in [0.2, 0.25) is 0 Å². The van der Waals surface area contributed by atoms with Crippen LogP contribution in [0.2, 0.25) is 0 Å². The molecule has 1 aliphatic carbocycles. The molecular formula is C18H22N2O3S. The number of benzene rings is 1. The van der Waals surface area contributed by atoms with Gasteiger partial charge in [0.05, 0.1) is 12.6 Å². The fraction of sp³-hybridized carbons (Fsp3) is 0.444. The summed E-state index contributed by atoms with van der Waals surface area (Å²) in [6.45, 7) is 1.95. The van der Waals surface area contributed by atoms with Crippen LogP contribution in [0.1, 0.15) is 48.1 Å². The van der Waals surface area contributed by atoms with Crippen LogP contribution in [-0.4, -0.2) is 23.1 Å². The highest BCUT2D eigenvalue weighted by molar-refractivity contribution is 7.09. The van der Waals surface area contributed by atoms with Crippen LogP contribution in [0, 0.1) is 6.92 Å². The molecule has 1 fully saturated rings. The Bertz CT molecular complexity index is 723. The van der Waals surface area contributed by atoms with E-state index in [1.807, 2.05) is 12.3 Å². The van der Waals surface area contributed by atoms with E-state index in [0.29, 0.717) is 11.3 Å². The molecule has 0 aliphatic heterocycles. The first-order chi connectivity index (χ1) is 11.5. The van der Waals surface area contributed by atoms with Crippen molar-refractivity contribution in [3.05, 3.63) is 45.9 Å². The zero-order valence-electron chi connectivity index (χ0n) is 13.9. The number of nitrogens with zero attached hydrogens (tertiary/aromatic N) is 1. The number of amides is 1. The maximum Gasteiger partial charge on any atom is 0.254 e. The molecular weight excluding hydrogens is 324 g/mol. The summed E-state index contributed by atoms with van der Waals surface area (Å²) in [5, 5.41) is 16.5. The third-order valence-electron chi connectivity index (χ3n) is 4.51. The van der Waals surface area contributed by atoms with Gasteiger partial charge in [0, 0.05) is 11.1 Å². The van der Waals surface area contributed by atoms with Crippen molar-refractivity contribution in [3.8, 4) is 5.75 Å². The Morgan fingerprint density at radius 2 is 2.17 bits per heavy atom. The van der Waals surface area contributed by atoms with Crippen LogP contribution in [0.15, 0.2) is 29.6 Å². The Balaban J connectivity index is 1.81. The van der Waals surface area contributed by atoms with Gasteiger partial charge in [-0.1, -0.05) is 25.0 Å². The van der Waals surface area contributed by atoms with Crippen molar-refractivity contribution < 1.29 is 14.6 Å². The van der Waals surface area contributed by atoms with Crippen molar-refractivity contribution in [1.29, 1.82) is 0 Å². The van der Waals surface area contributed by atoms with Gasteiger partial charge in [-0.25, -0.2) is 4.98 Å². The molecule has 2 aromatic rings. The SMILES string of the molecule is COc1cccc(C(O)C(=O)NC2(c3nc(C)cs3)CCCC2)c1. The number of hydrogen-bond acceptors (Lipinski definition) is 5. The maximum atomic E-state index is 12.7. The standard InChI is InChI=1S/C18H22N2O3S/c1-12-11-24-17(19-12)18(8-3-4-9-18)20-16(22)15(21)13-6-5-7-14(10-13)23-2/h5-7,10-11,15,21H,3-4,8-9H2,1-2H3,(H,20,22). The lowest BCUT2D eigenvalue weighted by Gasteiger charge is -2.29. The number of aliphatic hydroxyl groups is 1. The third-order valence-corrected chi connectivity index (χ3v) is 5.67. The lowest BCUT2D eigenvalue weighted by atomic mass is 9.97. The molecule has 1 amide bonds. The number of aliphatic hydroxyl groups excluding tert-OH is 1. The first-order valence-corrected chi connectivity index (χ1v) is 8.99. The smallest absolute Gasteiger partial charge is 0.254 e. The van der Waals surface area contributed by atoms with E-state index in [4.69, 9.17) is 4.74 Å². The molecule has 0 radical (unpaired) electrons. The van der Waals surface area contributed by atoms with Crippen molar-refractivity contribution in [2.45, 2.75) is 44.2 Å². The van der Waals surface area contributed by atoms with Crippen LogP contribution in [0.25, 0.3) is 0 Å². The van der Waals surface area contributed by atoms with Crippen molar-refractivity contribution in [1.82, 2.24) is 10.3 Å². The predicted octanol–water partition coefficient (Wildman–Crippen LogP) is 3.08. The summed E-state index contributed by atoms with van der Waals surface area (Å²) >= 11 is 1.57. The zero-order chi connectivity index (χ0) is 17.2. The first-order valence-electron chi connectivity index (χ1n) is 8.11. The van der Waals surface area contributed by atoms with Crippen molar-refractivity contribution in [2.24, 2.45) is 0 Å². The number of methoxy groups -OCH3 is 1. The molecule has 1 atom stereocenters. The van der Waals surface area contributed by atoms with E-state index in [1.54, 1.807) is 42.7 Å². The highest BCUT2D eigenvalue weighted by atomic mass is 32.1. The highest BCUT2D eigenvalue weighted by Crippen LogP contribution is 2.40. The summed E-state index contributed by atoms with van der Waals surface area (Å²) < 4.78 is 5.16. The topological polar surface area (TPSA) is 71.5 Å². The van der Waals surface area contributed by atoms with Crippen molar-refractivity contribution >= 4 is 17.2 Å². The number of carbonyl (C=O) groups excluding carboxylic acids is 1. The molecule has 0 bridgehead atoms. The molecule has 128 valence electrons. The second kappa shape index (κ2) is 6.91. The Labute approximate surface area is 145 Å². The second-order valence-electron chi connectivity index (χ2n) is 6.25. The molecule has 1 heterocycles. The number of aromatic nitrogens is 1. The average molecular weight is 346 g/mol. The van der Waals surface area contributed by atoms with Gasteiger partial charge in [-0.2, -0.15) is 0 Å². The summed E-state index contributed by atoms with van der Waals surface area (Å²) in [7, 11) is 1.56. The quantitative estimate of drug-likeness (QED) is 0.873. The van der Waals surface area contributed by atoms with Gasteiger partial charge in [-0.05, 0) is 37.5 Å². The molecule has 2 N–H and O–H groups in total. The van der Waals surface area contributed by atoms with E-state index in [-0.39, 0.29) is 0 Å². The zero-order valence-corrected chi connectivity index (χ0v) is 14.7. The fourth-order valence-electron chi connectivity index (χ4n) is 3.21. The van der Waals surface area contributed by atoms with Gasteiger partial charge in [0.1, 0.15) is 10.8 Å². The van der Waals surface area contributed by atoms with Crippen molar-refractivity contribution in [2.75, 3.05) is 7.11 Å². The molecule has 1 aliphatic rings. The third kappa shape index (κ3) is 3.30. The summed E-state index contributed by atoms with van der Waals surface area (Å²) in [6, 6.07) is 6.95. The summed E-state index contributed by atoms with van der Waals surface area (Å²) in [5.74, 6) is 0.225. The second-order valence-corrected chi connectivity index (χ2v) is 7.11. The molecule has 3 rings (SSSR count). The van der Waals surface area contributed by atoms with Gasteiger partial charge < -0.3 is 15.2 Å². The minimum Gasteiger partial charge on any atom is -0.497 e. The number of rotatable bonds is 5. The number of aryl methyl sites for hydroxylation is 1. The van der Waals surface area contributed by atoms with Crippen LogP contribution in [-0.2, 0) is 10.3 Å². The number of carbonyl (C=O) groups is 1. The number of thiazole rings is 1. The molecule has 6 heteroatoms. The van der Waals surface area contributed by atoms with Gasteiger partial charge in [-0.15, -0.1) is 11.3 Å². The summed E-state index contributed by atoms with van der Waals surface area (Å²) in [5.41, 5.74) is 1.04. The fourth-order valence-corrected chi connectivity index (χ4v) is 4.22. The molecule has 0 spiro atoms. The molecule has 5 nitrogen and oxygen atoms in total. The van der Waals surface area contributed by atoms with E-state index < -0.39 is 17.6 Å². The van der Waals surface area contributed by atoms with Crippen LogP contribution < -0.4 is 10.1 Å². The van der Waals surface area contributed by atoms with E-state index in [2.05, 4.69) is 10.3 Å². The molecule has 24 heavy (non-hydrogen) atoms. The van der Waals surface area contributed by atoms with Gasteiger partial charge in [-0.3, -0.25) is 4.79 Å². The monoisotopic (exact) mass is 346 g/mol. The summed E-state index contributed by atoms with van der Waals surface area (Å²) in [4.78, 5) is 17.2. The van der Waals surface area contributed by atoms with E-state index in [9.17, 15) is 9.90 Å². The lowest BCUT2D eigenvalue weighted by molar-refractivity contribution is -0.131. The normalized spacial score (nSPS) is 17.5. The van der Waals surface area contributed by atoms with Gasteiger partial charge in [0.15, 0.2) is 6.10 Å². The Morgan fingerprint density at radius 3 is 2.79 bits per heavy atom. The Morgan fingerprint density at radius 1 is 1.42 bits per heavy atom. The molecule has 1 unspecified atom stereocenters. The van der Waals surface area contributed by atoms with Crippen LogP contribution in [0.5, 0.6) is 5.75 Å². The van der Waals surface area contributed by atoms with Crippen LogP contribution in [0.4, 0.5) is 0 Å². The van der Waals surface area contributed by atoms with Crippen molar-refractivity contribution in [3.63, 3.8) is 0 Å². The lowest BCUT2D eigenvalue weighted by Crippen LogP contribution is -2.45. The van der Waals surface area contributed by atoms with E-state index >= 15 is 0 Å². The van der Waals surface area contributed by atoms with E-state index in [1.165, 1.54) is 0 Å². The Hall–Kier alpha value is -1.92. The molecule has 0 saturated heterocycles. The average Bonchev–Trinajstić information content (AvgIpc) is 3.24. The minimum atomic E-state index is -1.22. The van der Waals surface area contributed by atoms with Gasteiger partial charge >= 0.3 is 0 Å². The highest BCUT2D eigenvalue weighted by Gasteiger charge is 2.40. The number of ether oxygens (including phenoxy) is 1. The molecule has 1 aromatic carbocycles. The molecule has 1 aromatic heterocycles. The predicted molar refractivity (Wildman–Crippen MR) is 93.1 cm³/mol. The van der Waals surface area contributed by atoms with Gasteiger partial charge in [0.25, 0.3) is 5.91 Å². The number of nitrogens with one attached hydrogen (secondary N) is 1. The van der Waals surface area contributed by atoms with E-state index in [0.717, 1.165) is 36.4 Å². The molecule has 1 saturated carbocycles. The Kier molecular flexibility index (Phi) is 4.87. The minimum absolute atomic E-state index is 0.391. The first kappa shape index (κ1) is 16.9. The summed E-state index contributed by atoms with van der Waals surface area (Å²) in [6.07, 6.45) is 2.59. The number of hydrogen-bond donors (Lipinski definition) is 2.